The van der Waals surface area contributed by atoms with Crippen LogP contribution in [0.3, 0.4) is 0 Å². The molecule has 3 rings (SSSR count). The molecule has 0 bridgehead atoms. The van der Waals surface area contributed by atoms with E-state index in [4.69, 9.17) is 9.47 Å². The molecule has 10 nitrogen and oxygen atoms in total. The Kier molecular flexibility index (Phi) is 11.2. The van der Waals surface area contributed by atoms with Gasteiger partial charge in [0.05, 0.1) is 6.61 Å². The second kappa shape index (κ2) is 14.6. The lowest BCUT2D eigenvalue weighted by Crippen LogP contribution is -2.73. The first kappa shape index (κ1) is 29.3. The fraction of sp³-hybridized carbons (Fsp3) is 0.643. The van der Waals surface area contributed by atoms with Crippen LogP contribution in [0.25, 0.3) is 0 Å². The monoisotopic (exact) mass is 530 g/mol. The van der Waals surface area contributed by atoms with E-state index in [0.717, 1.165) is 24.8 Å². The Morgan fingerprint density at radius 2 is 1.76 bits per heavy atom. The third kappa shape index (κ3) is 7.61. The highest BCUT2D eigenvalue weighted by molar-refractivity contribution is 6.00. The van der Waals surface area contributed by atoms with Crippen molar-refractivity contribution in [2.75, 3.05) is 32.8 Å². The summed E-state index contributed by atoms with van der Waals surface area (Å²) >= 11 is 0. The van der Waals surface area contributed by atoms with E-state index < -0.39 is 17.7 Å². The van der Waals surface area contributed by atoms with E-state index in [1.165, 1.54) is 0 Å². The summed E-state index contributed by atoms with van der Waals surface area (Å²) in [6, 6.07) is 8.88. The predicted molar refractivity (Wildman–Crippen MR) is 142 cm³/mol. The molecule has 210 valence electrons. The first-order chi connectivity index (χ1) is 18.4. The van der Waals surface area contributed by atoms with Gasteiger partial charge in [-0.1, -0.05) is 50.6 Å². The number of nitrogens with zero attached hydrogens (tertiary/aromatic N) is 2. The lowest BCUT2D eigenvalue weighted by atomic mass is 9.81. The lowest BCUT2D eigenvalue weighted by Gasteiger charge is -2.51. The predicted octanol–water partition coefficient (Wildman–Crippen LogP) is 3.59. The molecule has 2 heterocycles. The topological polar surface area (TPSA) is 117 Å². The number of likely N-dealkylation sites (tertiary alicyclic amines) is 1. The zero-order valence-electron chi connectivity index (χ0n) is 22.7. The number of hydrogen-bond donors (Lipinski definition) is 2. The molecule has 2 N–H and O–H groups in total. The fourth-order valence-electron chi connectivity index (χ4n) is 5.01. The number of alkyl carbamates (subject to hydrolysis) is 1. The molecule has 0 saturated carbocycles. The summed E-state index contributed by atoms with van der Waals surface area (Å²) in [6.07, 6.45) is 4.30. The van der Waals surface area contributed by atoms with E-state index in [1.807, 2.05) is 44.2 Å². The molecule has 0 unspecified atom stereocenters. The molecule has 1 atom stereocenters. The van der Waals surface area contributed by atoms with Crippen molar-refractivity contribution >= 4 is 24.0 Å². The molecule has 0 aromatic heterocycles. The molecule has 1 aromatic carbocycles. The molecule has 2 aliphatic heterocycles. The van der Waals surface area contributed by atoms with Crippen LogP contribution in [0.2, 0.25) is 0 Å². The number of piperazine rings is 1. The van der Waals surface area contributed by atoms with Crippen molar-refractivity contribution in [2.45, 2.75) is 83.4 Å². The molecular formula is C28H42N4O6. The van der Waals surface area contributed by atoms with E-state index in [-0.39, 0.29) is 24.5 Å². The fourth-order valence-corrected chi connectivity index (χ4v) is 5.01. The van der Waals surface area contributed by atoms with Gasteiger partial charge in [-0.05, 0) is 50.5 Å². The van der Waals surface area contributed by atoms with Crippen molar-refractivity contribution in [3.8, 4) is 0 Å². The van der Waals surface area contributed by atoms with Gasteiger partial charge in [0.2, 0.25) is 11.8 Å². The maximum Gasteiger partial charge on any atom is 0.409 e. The standard InChI is InChI=1S/C28H42N4O6/c1-3-5-20-37-27(36)31-18-14-28(15-19-31)25(34)30-23(24(33)32(28)17-4-2)13-9-10-16-29-26(35)38-21-22-11-7-6-8-12-22/h6-8,11-12,23H,3-5,9-10,13-21H2,1-2H3,(H,29,35)(H,30,34)/t23-/m0/s1. The Labute approximate surface area is 225 Å². The van der Waals surface area contributed by atoms with Gasteiger partial charge in [0.1, 0.15) is 18.2 Å². The van der Waals surface area contributed by atoms with Crippen LogP contribution in [0.4, 0.5) is 9.59 Å². The number of benzene rings is 1. The van der Waals surface area contributed by atoms with Crippen molar-refractivity contribution in [2.24, 2.45) is 0 Å². The number of unbranched alkanes of at least 4 members (excludes halogenated alkanes) is 2. The van der Waals surface area contributed by atoms with Crippen LogP contribution in [-0.2, 0) is 25.7 Å². The lowest BCUT2D eigenvalue weighted by molar-refractivity contribution is -0.161. The molecule has 2 saturated heterocycles. The summed E-state index contributed by atoms with van der Waals surface area (Å²) in [7, 11) is 0. The summed E-state index contributed by atoms with van der Waals surface area (Å²) < 4.78 is 10.5. The number of ether oxygens (including phenoxy) is 2. The molecule has 4 amide bonds. The van der Waals surface area contributed by atoms with E-state index in [2.05, 4.69) is 10.6 Å². The molecular weight excluding hydrogens is 488 g/mol. The average Bonchev–Trinajstić information content (AvgIpc) is 2.93. The number of piperidine rings is 1. The van der Waals surface area contributed by atoms with Crippen molar-refractivity contribution in [1.82, 2.24) is 20.4 Å². The second-order valence-corrected chi connectivity index (χ2v) is 9.99. The van der Waals surface area contributed by atoms with Crippen molar-refractivity contribution < 1.29 is 28.7 Å². The third-order valence-corrected chi connectivity index (χ3v) is 7.23. The zero-order valence-corrected chi connectivity index (χ0v) is 22.7. The van der Waals surface area contributed by atoms with Gasteiger partial charge in [-0.25, -0.2) is 9.59 Å². The summed E-state index contributed by atoms with van der Waals surface area (Å²) in [4.78, 5) is 54.4. The number of amides is 4. The number of nitrogens with one attached hydrogen (secondary N) is 2. The van der Waals surface area contributed by atoms with Gasteiger partial charge < -0.3 is 29.9 Å². The second-order valence-electron chi connectivity index (χ2n) is 9.99. The van der Waals surface area contributed by atoms with Crippen LogP contribution in [0.5, 0.6) is 0 Å². The molecule has 0 radical (unpaired) electrons. The number of rotatable bonds is 12. The van der Waals surface area contributed by atoms with E-state index in [0.29, 0.717) is 64.9 Å². The van der Waals surface area contributed by atoms with Crippen LogP contribution >= 0.6 is 0 Å². The van der Waals surface area contributed by atoms with E-state index in [1.54, 1.807) is 9.80 Å². The van der Waals surface area contributed by atoms with Gasteiger partial charge in [0.25, 0.3) is 0 Å². The van der Waals surface area contributed by atoms with Crippen molar-refractivity contribution in [3.05, 3.63) is 35.9 Å². The molecule has 2 aliphatic rings. The van der Waals surface area contributed by atoms with Crippen LogP contribution in [-0.4, -0.2) is 78.2 Å². The quantitative estimate of drug-likeness (QED) is 0.399. The summed E-state index contributed by atoms with van der Waals surface area (Å²) in [5.41, 5.74) is -0.00499. The van der Waals surface area contributed by atoms with Crippen LogP contribution in [0, 0.1) is 0 Å². The van der Waals surface area contributed by atoms with Crippen LogP contribution in [0.1, 0.15) is 70.8 Å². The normalized spacial score (nSPS) is 18.7. The SMILES string of the molecule is CCCCOC(=O)N1CCC2(CC1)C(=O)N[C@@H](CCCCNC(=O)OCc1ccccc1)C(=O)N2CCC. The highest BCUT2D eigenvalue weighted by Crippen LogP contribution is 2.34. The Morgan fingerprint density at radius 1 is 1.03 bits per heavy atom. The van der Waals surface area contributed by atoms with Gasteiger partial charge in [-0.15, -0.1) is 0 Å². The van der Waals surface area contributed by atoms with Gasteiger partial charge in [0.15, 0.2) is 0 Å². The number of carbonyl (C=O) groups excluding carboxylic acids is 4. The van der Waals surface area contributed by atoms with Crippen LogP contribution < -0.4 is 10.6 Å². The van der Waals surface area contributed by atoms with Gasteiger partial charge in [-0.2, -0.15) is 0 Å². The van der Waals surface area contributed by atoms with E-state index in [9.17, 15) is 19.2 Å². The summed E-state index contributed by atoms with van der Waals surface area (Å²) in [5.74, 6) is -0.210. The molecule has 1 aromatic rings. The third-order valence-electron chi connectivity index (χ3n) is 7.23. The first-order valence-corrected chi connectivity index (χ1v) is 13.9. The Hall–Kier alpha value is -3.30. The minimum atomic E-state index is -0.923. The summed E-state index contributed by atoms with van der Waals surface area (Å²) in [6.45, 7) is 6.31. The minimum Gasteiger partial charge on any atom is -0.449 e. The number of carbonyl (C=O) groups is 4. The molecule has 0 aliphatic carbocycles. The zero-order chi connectivity index (χ0) is 27.4. The van der Waals surface area contributed by atoms with Crippen LogP contribution in [0.15, 0.2) is 30.3 Å². The van der Waals surface area contributed by atoms with Gasteiger partial charge in [-0.3, -0.25) is 9.59 Å². The largest absolute Gasteiger partial charge is 0.449 e. The van der Waals surface area contributed by atoms with E-state index >= 15 is 0 Å². The molecule has 38 heavy (non-hydrogen) atoms. The Bertz CT molecular complexity index is 933. The maximum atomic E-state index is 13.4. The Morgan fingerprint density at radius 3 is 2.45 bits per heavy atom. The van der Waals surface area contributed by atoms with Crippen molar-refractivity contribution in [3.63, 3.8) is 0 Å². The highest BCUT2D eigenvalue weighted by Gasteiger charge is 2.53. The maximum absolute atomic E-state index is 13.4. The smallest absolute Gasteiger partial charge is 0.409 e. The molecule has 2 fully saturated rings. The molecule has 10 heteroatoms. The Balaban J connectivity index is 1.44. The minimum absolute atomic E-state index is 0.0688. The van der Waals surface area contributed by atoms with Crippen molar-refractivity contribution in [1.29, 1.82) is 0 Å². The summed E-state index contributed by atoms with van der Waals surface area (Å²) in [5, 5.41) is 5.69. The van der Waals surface area contributed by atoms with Gasteiger partial charge in [0, 0.05) is 26.2 Å². The first-order valence-electron chi connectivity index (χ1n) is 13.9. The van der Waals surface area contributed by atoms with Gasteiger partial charge >= 0.3 is 12.2 Å². The highest BCUT2D eigenvalue weighted by atomic mass is 16.6. The number of hydrogen-bond acceptors (Lipinski definition) is 6. The molecule has 1 spiro atoms. The average molecular weight is 531 g/mol.